The van der Waals surface area contributed by atoms with Crippen LogP contribution >= 0.6 is 23.1 Å². The van der Waals surface area contributed by atoms with Crippen molar-refractivity contribution in [3.8, 4) is 5.75 Å². The quantitative estimate of drug-likeness (QED) is 0.0695. The molecule has 1 fully saturated rings. The first-order valence-electron chi connectivity index (χ1n) is 13.2. The van der Waals surface area contributed by atoms with Crippen LogP contribution in [-0.2, 0) is 26.5 Å². The smallest absolute Gasteiger partial charge is 0.337 e. The largest absolute Gasteiger partial charge is 0.507 e. The maximum atomic E-state index is 14.1. The minimum absolute atomic E-state index is 0.0193. The minimum Gasteiger partial charge on any atom is -0.507 e. The summed E-state index contributed by atoms with van der Waals surface area (Å²) in [6.45, 7) is 1.94. The van der Waals surface area contributed by atoms with Crippen LogP contribution in [0, 0.1) is 5.82 Å². The average molecular weight is 618 g/mol. The van der Waals surface area contributed by atoms with Crippen LogP contribution in [0.25, 0.3) is 5.76 Å². The van der Waals surface area contributed by atoms with Crippen molar-refractivity contribution in [1.29, 1.82) is 0 Å². The number of thioether (sulfide) groups is 1. The number of hydrogen-bond donors (Lipinski definition) is 1. The molecule has 43 heavy (non-hydrogen) atoms. The Balaban J connectivity index is 1.40. The van der Waals surface area contributed by atoms with E-state index in [1.54, 1.807) is 48.5 Å². The van der Waals surface area contributed by atoms with Gasteiger partial charge in [-0.15, -0.1) is 10.2 Å². The van der Waals surface area contributed by atoms with E-state index in [-0.39, 0.29) is 33.9 Å². The van der Waals surface area contributed by atoms with Crippen molar-refractivity contribution in [2.75, 3.05) is 12.0 Å². The summed E-state index contributed by atoms with van der Waals surface area (Å²) in [5, 5.41) is 20.0. The summed E-state index contributed by atoms with van der Waals surface area (Å²) < 4.78 is 25.2. The van der Waals surface area contributed by atoms with E-state index < -0.39 is 23.7 Å². The number of anilines is 1. The van der Waals surface area contributed by atoms with Gasteiger partial charge in [0.1, 0.15) is 23.4 Å². The van der Waals surface area contributed by atoms with E-state index in [0.29, 0.717) is 39.0 Å². The first-order valence-corrected chi connectivity index (χ1v) is 15.0. The van der Waals surface area contributed by atoms with Gasteiger partial charge in [0.2, 0.25) is 5.13 Å². The number of Topliss-reactive ketones (excluding diaryl/α,β-unsaturated/α-hetero) is 1. The summed E-state index contributed by atoms with van der Waals surface area (Å²) in [5.74, 6) is -2.01. The zero-order valence-electron chi connectivity index (χ0n) is 22.9. The van der Waals surface area contributed by atoms with Gasteiger partial charge in [0, 0.05) is 17.7 Å². The van der Waals surface area contributed by atoms with E-state index in [1.165, 1.54) is 42.0 Å². The number of ketones is 1. The Morgan fingerprint density at radius 2 is 1.86 bits per heavy atom. The fraction of sp³-hybridized carbons (Fsp3) is 0.194. The van der Waals surface area contributed by atoms with Crippen molar-refractivity contribution in [3.05, 3.63) is 106 Å². The van der Waals surface area contributed by atoms with E-state index >= 15 is 0 Å². The number of nitrogens with zero attached hydrogens (tertiary/aromatic N) is 3. The average Bonchev–Trinajstić information content (AvgIpc) is 3.70. The summed E-state index contributed by atoms with van der Waals surface area (Å²) in [5.41, 5.74) is 2.35. The molecule has 0 spiro atoms. The Bertz CT molecular complexity index is 1790. The number of esters is 1. The molecule has 6 rings (SSSR count). The Hall–Kier alpha value is -4.55. The lowest BCUT2D eigenvalue weighted by molar-refractivity contribution is -0.132. The fourth-order valence-corrected chi connectivity index (χ4v) is 6.96. The molecule has 3 heterocycles. The second kappa shape index (κ2) is 11.6. The number of methoxy groups -OCH3 is 1. The van der Waals surface area contributed by atoms with Crippen molar-refractivity contribution >= 4 is 51.6 Å². The van der Waals surface area contributed by atoms with E-state index in [2.05, 4.69) is 10.2 Å². The van der Waals surface area contributed by atoms with Gasteiger partial charge in [0.15, 0.2) is 4.34 Å². The van der Waals surface area contributed by atoms with Crippen LogP contribution in [0.5, 0.6) is 5.75 Å². The first-order chi connectivity index (χ1) is 20.7. The van der Waals surface area contributed by atoms with Crippen LogP contribution in [0.1, 0.15) is 45.6 Å². The molecule has 12 heteroatoms. The van der Waals surface area contributed by atoms with Gasteiger partial charge in [-0.2, -0.15) is 0 Å². The van der Waals surface area contributed by atoms with Crippen LogP contribution < -0.4 is 9.64 Å². The number of aromatic nitrogens is 2. The molecule has 1 saturated heterocycles. The number of carbonyl (C=O) groups excluding carboxylic acids is 3. The number of rotatable bonds is 7. The molecule has 0 unspecified atom stereocenters. The third-order valence-electron chi connectivity index (χ3n) is 7.17. The molecule has 0 bridgehead atoms. The number of aliphatic hydroxyl groups is 1. The van der Waals surface area contributed by atoms with Crippen molar-refractivity contribution in [3.63, 3.8) is 0 Å². The van der Waals surface area contributed by atoms with Crippen LogP contribution in [-0.4, -0.2) is 46.2 Å². The van der Waals surface area contributed by atoms with Gasteiger partial charge >= 0.3 is 11.9 Å². The summed E-state index contributed by atoms with van der Waals surface area (Å²) in [6.07, 6.45) is 0.621. The molecule has 0 saturated carbocycles. The van der Waals surface area contributed by atoms with Crippen molar-refractivity contribution in [2.24, 2.45) is 0 Å². The number of aliphatic hydroxyl groups excluding tert-OH is 1. The summed E-state index contributed by atoms with van der Waals surface area (Å²) >= 11 is 2.32. The molecular formula is C31H24FN3O6S2. The van der Waals surface area contributed by atoms with Crippen molar-refractivity contribution in [2.45, 2.75) is 35.6 Å². The SMILES string of the molecule is COC(=O)c1ccc([C@H]2C(=C(O)c3ccc4c(c3)C[C@H](C)O4)C(=O)C(=O)N2c2nnc(SCc3ccccc3F)s2)cc1. The monoisotopic (exact) mass is 617 g/mol. The van der Waals surface area contributed by atoms with Crippen molar-refractivity contribution in [1.82, 2.24) is 10.2 Å². The van der Waals surface area contributed by atoms with Gasteiger partial charge in [-0.1, -0.05) is 53.4 Å². The number of amides is 1. The molecule has 0 aliphatic carbocycles. The highest BCUT2D eigenvalue weighted by atomic mass is 32.2. The zero-order chi connectivity index (χ0) is 30.2. The number of carbonyl (C=O) groups is 3. The lowest BCUT2D eigenvalue weighted by atomic mass is 9.94. The van der Waals surface area contributed by atoms with E-state index in [1.807, 2.05) is 6.92 Å². The molecule has 0 radical (unpaired) electrons. The molecule has 2 aliphatic heterocycles. The van der Waals surface area contributed by atoms with Gasteiger partial charge in [0.05, 0.1) is 24.3 Å². The standard InChI is InChI=1S/C31H24FN3O6S2/c1-16-13-21-14-19(11-12-23(21)41-16)26(36)24-25(17-7-9-18(10-8-17)29(39)40-2)35(28(38)27(24)37)30-33-34-31(43-30)42-15-20-5-3-4-6-22(20)32/h3-12,14,16,25,36H,13,15H2,1-2H3/t16-,25-/m0/s1. The van der Waals surface area contributed by atoms with Crippen molar-refractivity contribution < 1.29 is 33.4 Å². The molecule has 1 N–H and O–H groups in total. The van der Waals surface area contributed by atoms with Crippen LogP contribution in [0.4, 0.5) is 9.52 Å². The van der Waals surface area contributed by atoms with Crippen LogP contribution in [0.2, 0.25) is 0 Å². The minimum atomic E-state index is -1.06. The number of ether oxygens (including phenoxy) is 2. The van der Waals surface area contributed by atoms with Gasteiger partial charge in [-0.3, -0.25) is 14.5 Å². The molecule has 2 atom stereocenters. The topological polar surface area (TPSA) is 119 Å². The Labute approximate surface area is 254 Å². The van der Waals surface area contributed by atoms with E-state index in [9.17, 15) is 23.9 Å². The summed E-state index contributed by atoms with van der Waals surface area (Å²) in [4.78, 5) is 40.3. The van der Waals surface area contributed by atoms with Gasteiger partial charge in [0.25, 0.3) is 5.78 Å². The molecule has 1 amide bonds. The number of benzene rings is 3. The zero-order valence-corrected chi connectivity index (χ0v) is 24.6. The number of halogens is 1. The lowest BCUT2D eigenvalue weighted by Gasteiger charge is -2.22. The Kier molecular flexibility index (Phi) is 7.72. The highest BCUT2D eigenvalue weighted by Crippen LogP contribution is 2.44. The maximum absolute atomic E-state index is 14.1. The second-order valence-electron chi connectivity index (χ2n) is 9.97. The van der Waals surface area contributed by atoms with Crippen LogP contribution in [0.3, 0.4) is 0 Å². The molecular weight excluding hydrogens is 593 g/mol. The first kappa shape index (κ1) is 28.6. The van der Waals surface area contributed by atoms with Gasteiger partial charge in [-0.25, -0.2) is 9.18 Å². The predicted octanol–water partition coefficient (Wildman–Crippen LogP) is 5.71. The molecule has 218 valence electrons. The van der Waals surface area contributed by atoms with E-state index in [0.717, 1.165) is 16.9 Å². The summed E-state index contributed by atoms with van der Waals surface area (Å²) in [7, 11) is 1.27. The highest BCUT2D eigenvalue weighted by Gasteiger charge is 2.48. The second-order valence-corrected chi connectivity index (χ2v) is 12.1. The van der Waals surface area contributed by atoms with E-state index in [4.69, 9.17) is 9.47 Å². The number of hydrogen-bond acceptors (Lipinski definition) is 10. The summed E-state index contributed by atoms with van der Waals surface area (Å²) in [6, 6.07) is 16.7. The third-order valence-corrected chi connectivity index (χ3v) is 9.28. The fourth-order valence-electron chi connectivity index (χ4n) is 5.10. The third kappa shape index (κ3) is 5.39. The van der Waals surface area contributed by atoms with Gasteiger partial charge < -0.3 is 14.6 Å². The van der Waals surface area contributed by atoms with Crippen LogP contribution in [0.15, 0.2) is 76.6 Å². The lowest BCUT2D eigenvalue weighted by Crippen LogP contribution is -2.29. The predicted molar refractivity (Wildman–Crippen MR) is 159 cm³/mol. The molecule has 2 aliphatic rings. The molecule has 9 nitrogen and oxygen atoms in total. The molecule has 1 aromatic heterocycles. The Morgan fingerprint density at radius 1 is 1.12 bits per heavy atom. The van der Waals surface area contributed by atoms with Gasteiger partial charge in [-0.05, 0) is 60.0 Å². The maximum Gasteiger partial charge on any atom is 0.337 e. The number of fused-ring (bicyclic) bond motifs is 1. The molecule has 3 aromatic carbocycles. The Morgan fingerprint density at radius 3 is 2.60 bits per heavy atom. The molecule has 4 aromatic rings. The highest BCUT2D eigenvalue weighted by molar-refractivity contribution is 8.00. The normalized spacial score (nSPS) is 18.9.